The Bertz CT molecular complexity index is 519. The Balaban J connectivity index is 1.82. The zero-order valence-corrected chi connectivity index (χ0v) is 10.5. The van der Waals surface area contributed by atoms with E-state index in [1.807, 2.05) is 25.3 Å². The first-order chi connectivity index (χ1) is 8.81. The van der Waals surface area contributed by atoms with Crippen molar-refractivity contribution in [3.63, 3.8) is 0 Å². The number of nitrogens with one attached hydrogen (secondary N) is 2. The van der Waals surface area contributed by atoms with E-state index in [2.05, 4.69) is 22.4 Å². The third kappa shape index (κ3) is 3.11. The Morgan fingerprint density at radius 2 is 2.22 bits per heavy atom. The minimum absolute atomic E-state index is 0.149. The molecule has 1 aromatic carbocycles. The number of hydrogen-bond acceptors (Lipinski definition) is 3. The molecule has 1 heterocycles. The Hall–Kier alpha value is -1.81. The molecule has 1 aromatic heterocycles. The number of rotatable bonds is 6. The van der Waals surface area contributed by atoms with Gasteiger partial charge in [-0.1, -0.05) is 18.2 Å². The Morgan fingerprint density at radius 1 is 1.39 bits per heavy atom. The fraction of sp³-hybridized carbons (Fsp3) is 0.357. The summed E-state index contributed by atoms with van der Waals surface area (Å²) in [6.45, 7) is 3.65. The summed E-state index contributed by atoms with van der Waals surface area (Å²) < 4.78 is 4.86. The van der Waals surface area contributed by atoms with Crippen molar-refractivity contribution < 1.29 is 9.53 Å². The topological polar surface area (TPSA) is 54.1 Å². The highest BCUT2D eigenvalue weighted by atomic mass is 16.5. The van der Waals surface area contributed by atoms with Gasteiger partial charge in [0.25, 0.3) is 0 Å². The van der Waals surface area contributed by atoms with E-state index in [-0.39, 0.29) is 5.97 Å². The van der Waals surface area contributed by atoms with E-state index in [9.17, 15) is 4.79 Å². The van der Waals surface area contributed by atoms with Crippen LogP contribution in [0.2, 0.25) is 0 Å². The van der Waals surface area contributed by atoms with Crippen molar-refractivity contribution in [2.75, 3.05) is 13.2 Å². The lowest BCUT2D eigenvalue weighted by Crippen LogP contribution is -2.18. The molecular weight excluding hydrogens is 228 g/mol. The number of H-pyrrole nitrogens is 1. The van der Waals surface area contributed by atoms with Gasteiger partial charge in [0.1, 0.15) is 0 Å². The lowest BCUT2D eigenvalue weighted by molar-refractivity contribution is -0.142. The van der Waals surface area contributed by atoms with Gasteiger partial charge in [-0.15, -0.1) is 0 Å². The Labute approximate surface area is 106 Å². The number of aromatic nitrogens is 1. The van der Waals surface area contributed by atoms with Crippen LogP contribution in [0.3, 0.4) is 0 Å². The quantitative estimate of drug-likeness (QED) is 0.607. The zero-order chi connectivity index (χ0) is 12.8. The summed E-state index contributed by atoms with van der Waals surface area (Å²) in [6.07, 6.45) is 2.41. The molecule has 2 N–H and O–H groups in total. The van der Waals surface area contributed by atoms with E-state index < -0.39 is 0 Å². The molecule has 0 bridgehead atoms. The van der Waals surface area contributed by atoms with Crippen molar-refractivity contribution in [3.8, 4) is 0 Å². The molecule has 0 saturated heterocycles. The van der Waals surface area contributed by atoms with Crippen LogP contribution in [-0.2, 0) is 16.1 Å². The second-order valence-corrected chi connectivity index (χ2v) is 4.09. The number of hydrogen-bond donors (Lipinski definition) is 2. The Kier molecular flexibility index (Phi) is 4.36. The van der Waals surface area contributed by atoms with Crippen molar-refractivity contribution in [2.45, 2.75) is 19.9 Å². The monoisotopic (exact) mass is 246 g/mol. The van der Waals surface area contributed by atoms with Gasteiger partial charge in [0.05, 0.1) is 13.0 Å². The number of ether oxygens (including phenoxy) is 1. The van der Waals surface area contributed by atoms with Gasteiger partial charge < -0.3 is 15.0 Å². The number of aromatic amines is 1. The van der Waals surface area contributed by atoms with Crippen LogP contribution in [0.15, 0.2) is 30.5 Å². The fourth-order valence-electron chi connectivity index (χ4n) is 1.92. The number of benzene rings is 1. The Morgan fingerprint density at radius 3 is 3.06 bits per heavy atom. The molecule has 0 atom stereocenters. The van der Waals surface area contributed by atoms with Gasteiger partial charge in [-0.05, 0) is 18.6 Å². The van der Waals surface area contributed by atoms with Gasteiger partial charge in [-0.25, -0.2) is 0 Å². The summed E-state index contributed by atoms with van der Waals surface area (Å²) in [7, 11) is 0. The van der Waals surface area contributed by atoms with Gasteiger partial charge in [0.15, 0.2) is 0 Å². The highest BCUT2D eigenvalue weighted by Crippen LogP contribution is 2.17. The van der Waals surface area contributed by atoms with Crippen molar-refractivity contribution in [1.29, 1.82) is 0 Å². The molecule has 18 heavy (non-hydrogen) atoms. The normalized spacial score (nSPS) is 10.7. The average Bonchev–Trinajstić information content (AvgIpc) is 2.78. The second-order valence-electron chi connectivity index (χ2n) is 4.09. The number of carbonyl (C=O) groups excluding carboxylic acids is 1. The number of carbonyl (C=O) groups is 1. The summed E-state index contributed by atoms with van der Waals surface area (Å²) in [4.78, 5) is 14.4. The predicted octanol–water partition coefficient (Wildman–Crippen LogP) is 2.21. The smallest absolute Gasteiger partial charge is 0.307 e. The van der Waals surface area contributed by atoms with E-state index in [4.69, 9.17) is 4.74 Å². The summed E-state index contributed by atoms with van der Waals surface area (Å²) in [5.74, 6) is -0.149. The summed E-state index contributed by atoms with van der Waals surface area (Å²) >= 11 is 0. The van der Waals surface area contributed by atoms with E-state index >= 15 is 0 Å². The molecule has 4 nitrogen and oxygen atoms in total. The van der Waals surface area contributed by atoms with Crippen LogP contribution in [0.1, 0.15) is 18.9 Å². The number of fused-ring (bicyclic) bond motifs is 1. The molecule has 0 aliphatic rings. The van der Waals surface area contributed by atoms with Crippen LogP contribution in [0.25, 0.3) is 10.9 Å². The van der Waals surface area contributed by atoms with Crippen LogP contribution in [0, 0.1) is 0 Å². The molecular formula is C14H18N2O2. The molecule has 2 rings (SSSR count). The van der Waals surface area contributed by atoms with Crippen LogP contribution < -0.4 is 5.32 Å². The predicted molar refractivity (Wildman–Crippen MR) is 71.3 cm³/mol. The van der Waals surface area contributed by atoms with Gasteiger partial charge >= 0.3 is 5.97 Å². The van der Waals surface area contributed by atoms with Gasteiger partial charge in [-0.3, -0.25) is 4.79 Å². The molecule has 96 valence electrons. The van der Waals surface area contributed by atoms with Gasteiger partial charge in [0, 0.05) is 30.2 Å². The highest BCUT2D eigenvalue weighted by Gasteiger charge is 2.03. The van der Waals surface area contributed by atoms with E-state index in [1.54, 1.807) is 0 Å². The minimum Gasteiger partial charge on any atom is -0.466 e. The maximum atomic E-state index is 11.1. The average molecular weight is 246 g/mol. The lowest BCUT2D eigenvalue weighted by Gasteiger charge is -2.04. The largest absolute Gasteiger partial charge is 0.466 e. The van der Waals surface area contributed by atoms with E-state index in [0.717, 1.165) is 12.1 Å². The van der Waals surface area contributed by atoms with Gasteiger partial charge in [0.2, 0.25) is 0 Å². The molecule has 0 aliphatic heterocycles. The number of para-hydroxylation sites is 1. The van der Waals surface area contributed by atoms with Crippen molar-refractivity contribution in [1.82, 2.24) is 10.3 Å². The molecule has 0 radical (unpaired) electrons. The maximum Gasteiger partial charge on any atom is 0.307 e. The molecule has 0 fully saturated rings. The van der Waals surface area contributed by atoms with Crippen LogP contribution >= 0.6 is 0 Å². The molecule has 0 amide bonds. The first kappa shape index (κ1) is 12.6. The van der Waals surface area contributed by atoms with Crippen LogP contribution in [0.4, 0.5) is 0 Å². The lowest BCUT2D eigenvalue weighted by atomic mass is 10.2. The standard InChI is InChI=1S/C14H18N2O2/c1-2-18-14(17)7-8-15-9-11-10-16-13-6-4-3-5-12(11)13/h3-6,10,15-16H,2,7-9H2,1H3. The molecule has 0 saturated carbocycles. The third-order valence-electron chi connectivity index (χ3n) is 2.80. The van der Waals surface area contributed by atoms with E-state index in [0.29, 0.717) is 19.6 Å². The summed E-state index contributed by atoms with van der Waals surface area (Å²) in [5.41, 5.74) is 2.36. The molecule has 0 aliphatic carbocycles. The number of esters is 1. The zero-order valence-electron chi connectivity index (χ0n) is 10.5. The molecule has 2 aromatic rings. The van der Waals surface area contributed by atoms with Crippen molar-refractivity contribution >= 4 is 16.9 Å². The first-order valence-corrected chi connectivity index (χ1v) is 6.22. The molecule has 0 spiro atoms. The van der Waals surface area contributed by atoms with Crippen molar-refractivity contribution in [2.24, 2.45) is 0 Å². The molecule has 4 heteroatoms. The van der Waals surface area contributed by atoms with Crippen LogP contribution in [-0.4, -0.2) is 24.1 Å². The van der Waals surface area contributed by atoms with Crippen molar-refractivity contribution in [3.05, 3.63) is 36.0 Å². The van der Waals surface area contributed by atoms with E-state index in [1.165, 1.54) is 10.9 Å². The SMILES string of the molecule is CCOC(=O)CCNCc1c[nH]c2ccccc12. The summed E-state index contributed by atoms with van der Waals surface area (Å²) in [5, 5.41) is 4.47. The van der Waals surface area contributed by atoms with Gasteiger partial charge in [-0.2, -0.15) is 0 Å². The highest BCUT2D eigenvalue weighted by molar-refractivity contribution is 5.82. The second kappa shape index (κ2) is 6.21. The maximum absolute atomic E-state index is 11.1. The van der Waals surface area contributed by atoms with Crippen LogP contribution in [0.5, 0.6) is 0 Å². The molecule has 0 unspecified atom stereocenters. The third-order valence-corrected chi connectivity index (χ3v) is 2.80. The summed E-state index contributed by atoms with van der Waals surface area (Å²) in [6, 6.07) is 8.18. The first-order valence-electron chi connectivity index (χ1n) is 6.22. The minimum atomic E-state index is -0.149. The fourth-order valence-corrected chi connectivity index (χ4v) is 1.92.